The molecule has 0 saturated heterocycles. The summed E-state index contributed by atoms with van der Waals surface area (Å²) >= 11 is 0. The molecule has 0 spiro atoms. The molecule has 0 aromatic carbocycles. The molecule has 1 unspecified atom stereocenters. The molecule has 5 rings (SSSR count). The normalized spacial score (nSPS) is 24.0. The van der Waals surface area contributed by atoms with E-state index in [-0.39, 0.29) is 45.0 Å². The van der Waals surface area contributed by atoms with Crippen molar-refractivity contribution in [3.8, 4) is 0 Å². The Balaban J connectivity index is 0.000000568. The van der Waals surface area contributed by atoms with E-state index in [1.165, 1.54) is 30.5 Å². The molecule has 8 nitrogen and oxygen atoms in total. The molecule has 2 radical (unpaired) electrons. The van der Waals surface area contributed by atoms with E-state index in [1.54, 1.807) is 6.20 Å². The minimum absolute atomic E-state index is 0. The summed E-state index contributed by atoms with van der Waals surface area (Å²) in [5.41, 5.74) is -0.342. The number of alkyl halides is 3. The van der Waals surface area contributed by atoms with Crippen molar-refractivity contribution in [2.24, 2.45) is 15.2 Å². The molecule has 0 bridgehead atoms. The maximum Gasteiger partial charge on any atom is 2.00 e. The van der Waals surface area contributed by atoms with Crippen LogP contribution in [0.2, 0.25) is 0 Å². The first kappa shape index (κ1) is 27.9. The Morgan fingerprint density at radius 3 is 2.57 bits per heavy atom. The average molecular weight is 551 g/mol. The number of nitrogens with one attached hydrogen (secondary N) is 1. The molecule has 1 aromatic heterocycles. The van der Waals surface area contributed by atoms with Crippen LogP contribution >= 0.6 is 0 Å². The van der Waals surface area contributed by atoms with Crippen molar-refractivity contribution in [1.82, 2.24) is 10.4 Å². The summed E-state index contributed by atoms with van der Waals surface area (Å²) < 4.78 is 45.9. The molecule has 1 aromatic rings. The topological polar surface area (TPSA) is 109 Å². The van der Waals surface area contributed by atoms with Crippen LogP contribution < -0.4 is 10.5 Å². The number of dihydropyridines is 1. The van der Waals surface area contributed by atoms with E-state index in [1.807, 2.05) is 55.7 Å². The van der Waals surface area contributed by atoms with Gasteiger partial charge < -0.3 is 14.6 Å². The number of nitrogens with zero attached hydrogens (tertiary/aromatic N) is 4. The molecule has 0 saturated carbocycles. The third kappa shape index (κ3) is 6.53. The van der Waals surface area contributed by atoms with Gasteiger partial charge in [-0.2, -0.15) is 23.4 Å². The van der Waals surface area contributed by atoms with Gasteiger partial charge in [-0.25, -0.2) is 28.6 Å². The van der Waals surface area contributed by atoms with E-state index in [2.05, 4.69) is 20.6 Å². The number of allylic oxidation sites excluding steroid dienone is 9. The van der Waals surface area contributed by atoms with E-state index < -0.39 is 24.2 Å². The summed E-state index contributed by atoms with van der Waals surface area (Å²) in [6, 6.07) is 2.85. The molecule has 12 heteroatoms. The van der Waals surface area contributed by atoms with Crippen LogP contribution in [0.3, 0.4) is 0 Å². The molecule has 1 atom stereocenters. The quantitative estimate of drug-likeness (QED) is 0.259. The largest absolute Gasteiger partial charge is 2.00 e. The van der Waals surface area contributed by atoms with Crippen molar-refractivity contribution < 1.29 is 44.9 Å². The second kappa shape index (κ2) is 12.0. The maximum atomic E-state index is 13.6. The predicted octanol–water partition coefficient (Wildman–Crippen LogP) is 3.23. The molecule has 3 heterocycles. The van der Waals surface area contributed by atoms with Gasteiger partial charge in [-0.05, 0) is 35.7 Å². The number of halogens is 3. The van der Waals surface area contributed by atoms with Gasteiger partial charge in [-0.1, -0.05) is 24.3 Å². The van der Waals surface area contributed by atoms with Crippen molar-refractivity contribution in [3.63, 3.8) is 0 Å². The summed E-state index contributed by atoms with van der Waals surface area (Å²) in [5.74, 6) is -0.944. The smallest absolute Gasteiger partial charge is 0.858 e. The number of aliphatic hydroxyl groups is 1. The van der Waals surface area contributed by atoms with Gasteiger partial charge in [-0.3, -0.25) is 5.43 Å². The molecule has 37 heavy (non-hydrogen) atoms. The van der Waals surface area contributed by atoms with Crippen LogP contribution in [0.5, 0.6) is 0 Å². The van der Waals surface area contributed by atoms with Crippen molar-refractivity contribution in [2.45, 2.75) is 18.3 Å². The Bertz CT molecular complexity index is 1200. The fraction of sp³-hybridized carbons (Fsp3) is 0.120. The number of furan rings is 1. The summed E-state index contributed by atoms with van der Waals surface area (Å²) in [4.78, 5) is 3.94. The van der Waals surface area contributed by atoms with Gasteiger partial charge >= 0.3 is 23.2 Å². The number of rotatable bonds is 4. The number of hydrogen-bond acceptors (Lipinski definition) is 7. The summed E-state index contributed by atoms with van der Waals surface area (Å²) in [6.45, 7) is 0. The van der Waals surface area contributed by atoms with E-state index in [9.17, 15) is 23.4 Å². The number of hydrogen-bond donors (Lipinski definition) is 2. The average Bonchev–Trinajstić information content (AvgIpc) is 3.67. The van der Waals surface area contributed by atoms with Gasteiger partial charge in [0.2, 0.25) is 0 Å². The van der Waals surface area contributed by atoms with Crippen LogP contribution in [0, 0.1) is 19.3 Å². The number of amidine groups is 1. The first-order chi connectivity index (χ1) is 17.3. The van der Waals surface area contributed by atoms with Crippen molar-refractivity contribution >= 4 is 17.8 Å². The summed E-state index contributed by atoms with van der Waals surface area (Å²) in [7, 11) is 0. The SMILES string of the molecule is [CH]1[CH][CH-]C=C1.[Fe+2].[O-]/C(=C1C=C/C(=N\NC=C2C=CC=C2)N=C\1)N1N=C(c2ccco2)CC1(O)C(F)(F)F. The third-order valence-electron chi connectivity index (χ3n) is 5.09. The van der Waals surface area contributed by atoms with Gasteiger partial charge in [0.25, 0.3) is 5.72 Å². The first-order valence-electron chi connectivity index (χ1n) is 10.7. The van der Waals surface area contributed by atoms with Gasteiger partial charge in [0, 0.05) is 18.0 Å². The third-order valence-corrected chi connectivity index (χ3v) is 5.09. The van der Waals surface area contributed by atoms with E-state index in [4.69, 9.17) is 4.42 Å². The fourth-order valence-electron chi connectivity index (χ4n) is 3.24. The Labute approximate surface area is 221 Å². The molecular formula is C25H20F3FeN5O3. The number of aliphatic imine (C=N–C) groups is 1. The van der Waals surface area contributed by atoms with Crippen molar-refractivity contribution in [2.75, 3.05) is 0 Å². The standard InChI is InChI=1S/C20H16F3N5O3.C5H5.Fe/c21-20(22,23)19(30)10-15(16-6-3-9-31-16)27-28(19)18(29)14-7-8-17(24-12-14)26-25-11-13-4-1-2-5-13;1-2-4-5-3-1;/h1-9,11-12,25,29-30H,10H2;1-5H;/q;-1;+2/p-1/b18-14+,26-17+;;. The summed E-state index contributed by atoms with van der Waals surface area (Å²) in [6.07, 6.45) is 17.8. The monoisotopic (exact) mass is 551 g/mol. The Morgan fingerprint density at radius 1 is 1.24 bits per heavy atom. The first-order valence-corrected chi connectivity index (χ1v) is 10.7. The van der Waals surface area contributed by atoms with Crippen molar-refractivity contribution in [3.05, 3.63) is 115 Å². The molecule has 0 fully saturated rings. The zero-order chi connectivity index (χ0) is 25.6. The molecule has 2 aliphatic heterocycles. The second-order valence-corrected chi connectivity index (χ2v) is 7.60. The van der Waals surface area contributed by atoms with Crippen molar-refractivity contribution in [1.29, 1.82) is 0 Å². The second-order valence-electron chi connectivity index (χ2n) is 7.60. The molecular weight excluding hydrogens is 531 g/mol. The van der Waals surface area contributed by atoms with Crippen LogP contribution in [0.15, 0.2) is 110 Å². The van der Waals surface area contributed by atoms with E-state index in [0.717, 1.165) is 11.8 Å². The van der Waals surface area contributed by atoms with Crippen LogP contribution in [-0.2, 0) is 17.1 Å². The van der Waals surface area contributed by atoms with E-state index >= 15 is 0 Å². The molecule has 4 aliphatic rings. The fourth-order valence-corrected chi connectivity index (χ4v) is 3.24. The Hall–Kier alpha value is -3.73. The molecule has 2 aliphatic carbocycles. The van der Waals surface area contributed by atoms with Crippen LogP contribution in [0.1, 0.15) is 12.2 Å². The predicted molar refractivity (Wildman–Crippen MR) is 126 cm³/mol. The van der Waals surface area contributed by atoms with Gasteiger partial charge in [-0.15, -0.1) is 12.8 Å². The molecule has 2 N–H and O–H groups in total. The van der Waals surface area contributed by atoms with Gasteiger partial charge in [0.05, 0.1) is 12.7 Å². The van der Waals surface area contributed by atoms with Gasteiger partial charge in [0.15, 0.2) is 5.84 Å². The van der Waals surface area contributed by atoms with Crippen LogP contribution in [0.25, 0.3) is 0 Å². The van der Waals surface area contributed by atoms with Gasteiger partial charge in [0.1, 0.15) is 11.5 Å². The Morgan fingerprint density at radius 2 is 2.03 bits per heavy atom. The number of hydrazone groups is 2. The zero-order valence-corrected chi connectivity index (χ0v) is 20.1. The molecule has 0 amide bonds. The summed E-state index contributed by atoms with van der Waals surface area (Å²) in [5, 5.41) is 30.8. The zero-order valence-electron chi connectivity index (χ0n) is 19.0. The molecule has 192 valence electrons. The maximum absolute atomic E-state index is 13.6. The minimum Gasteiger partial charge on any atom is -0.858 e. The van der Waals surface area contributed by atoms with E-state index in [0.29, 0.717) is 0 Å². The van der Waals surface area contributed by atoms with Crippen LogP contribution in [0.4, 0.5) is 13.2 Å². The minimum atomic E-state index is -5.15. The van der Waals surface area contributed by atoms with Crippen LogP contribution in [-0.4, -0.2) is 39.8 Å². The Kier molecular flexibility index (Phi) is 9.04.